The Hall–Kier alpha value is -1.02. The summed E-state index contributed by atoms with van der Waals surface area (Å²) >= 11 is 0. The number of hydrogen-bond donors (Lipinski definition) is 1. The van der Waals surface area contributed by atoms with Crippen LogP contribution in [0.3, 0.4) is 0 Å². The number of likely N-dealkylation sites (tertiary alicyclic amines) is 1. The first-order valence-corrected chi connectivity index (χ1v) is 8.84. The van der Waals surface area contributed by atoms with Crippen LogP contribution in [0.5, 0.6) is 5.75 Å². The number of aryl methyl sites for hydroxylation is 1. The van der Waals surface area contributed by atoms with Gasteiger partial charge in [-0.15, -0.1) is 24.0 Å². The zero-order chi connectivity index (χ0) is 17.4. The number of methoxy groups -OCH3 is 1. The highest BCUT2D eigenvalue weighted by atomic mass is 127. The van der Waals surface area contributed by atoms with E-state index >= 15 is 0 Å². The fourth-order valence-electron chi connectivity index (χ4n) is 3.12. The monoisotopic (exact) mass is 461 g/mol. The quantitative estimate of drug-likeness (QED) is 0.385. The second-order valence-corrected chi connectivity index (χ2v) is 6.29. The van der Waals surface area contributed by atoms with Gasteiger partial charge in [0.25, 0.3) is 0 Å². The van der Waals surface area contributed by atoms with Crippen molar-refractivity contribution in [2.24, 2.45) is 10.9 Å². The van der Waals surface area contributed by atoms with Crippen LogP contribution in [-0.2, 0) is 11.2 Å². The Labute approximate surface area is 169 Å². The Balaban J connectivity index is 0.00000312. The van der Waals surface area contributed by atoms with E-state index in [9.17, 15) is 0 Å². The van der Waals surface area contributed by atoms with Gasteiger partial charge < -0.3 is 19.7 Å². The molecule has 0 radical (unpaired) electrons. The summed E-state index contributed by atoms with van der Waals surface area (Å²) in [5, 5.41) is 3.48. The van der Waals surface area contributed by atoms with Crippen LogP contribution in [0.15, 0.2) is 23.2 Å². The molecule has 1 unspecified atom stereocenters. The second-order valence-electron chi connectivity index (χ2n) is 6.29. The zero-order valence-electron chi connectivity index (χ0n) is 15.9. The van der Waals surface area contributed by atoms with Crippen LogP contribution >= 0.6 is 24.0 Å². The number of nitrogens with one attached hydrogen (secondary N) is 1. The summed E-state index contributed by atoms with van der Waals surface area (Å²) in [5.41, 5.74) is 2.44. The lowest BCUT2D eigenvalue weighted by Crippen LogP contribution is -2.41. The van der Waals surface area contributed by atoms with Crippen LogP contribution in [0.25, 0.3) is 0 Å². The Morgan fingerprint density at radius 2 is 2.20 bits per heavy atom. The van der Waals surface area contributed by atoms with Crippen molar-refractivity contribution in [3.05, 3.63) is 29.3 Å². The number of aliphatic imine (C=N–C) groups is 1. The molecular weight excluding hydrogens is 429 g/mol. The van der Waals surface area contributed by atoms with Crippen LogP contribution in [-0.4, -0.2) is 57.9 Å². The molecule has 0 aromatic heterocycles. The third kappa shape index (κ3) is 6.66. The molecule has 1 atom stereocenters. The second kappa shape index (κ2) is 11.6. The van der Waals surface area contributed by atoms with Crippen molar-refractivity contribution in [3.63, 3.8) is 0 Å². The maximum absolute atomic E-state index is 5.55. The van der Waals surface area contributed by atoms with Gasteiger partial charge in [-0.2, -0.15) is 0 Å². The van der Waals surface area contributed by atoms with Crippen molar-refractivity contribution in [1.29, 1.82) is 0 Å². The first-order chi connectivity index (χ1) is 11.7. The number of benzene rings is 1. The maximum atomic E-state index is 5.55. The molecular formula is C19H32IN3O2. The van der Waals surface area contributed by atoms with E-state index in [0.717, 1.165) is 51.0 Å². The van der Waals surface area contributed by atoms with Crippen LogP contribution in [0.1, 0.15) is 24.5 Å². The molecule has 1 saturated heterocycles. The average Bonchev–Trinajstić information content (AvgIpc) is 3.07. The van der Waals surface area contributed by atoms with Gasteiger partial charge >= 0.3 is 0 Å². The van der Waals surface area contributed by atoms with Crippen molar-refractivity contribution >= 4 is 29.9 Å². The average molecular weight is 461 g/mol. The summed E-state index contributed by atoms with van der Waals surface area (Å²) in [6.45, 7) is 8.71. The van der Waals surface area contributed by atoms with E-state index in [-0.39, 0.29) is 24.0 Å². The van der Waals surface area contributed by atoms with E-state index < -0.39 is 0 Å². The molecule has 2 rings (SSSR count). The first-order valence-electron chi connectivity index (χ1n) is 8.84. The van der Waals surface area contributed by atoms with Gasteiger partial charge in [0.15, 0.2) is 5.96 Å². The standard InChI is InChI=1S/C19H31N3O2.HI/c1-5-24-14-17-9-11-22(13-17)19(20-3)21-10-8-16-7-6-15(2)18(12-16)23-4;/h6-7,12,17H,5,8-11,13-14H2,1-4H3,(H,20,21);1H. The van der Waals surface area contributed by atoms with Gasteiger partial charge in [0, 0.05) is 39.2 Å². The zero-order valence-corrected chi connectivity index (χ0v) is 18.2. The largest absolute Gasteiger partial charge is 0.496 e. The normalized spacial score (nSPS) is 17.4. The smallest absolute Gasteiger partial charge is 0.193 e. The first kappa shape index (κ1) is 22.0. The SMILES string of the molecule is CCOCC1CCN(C(=NC)NCCc2ccc(C)c(OC)c2)C1.I. The molecule has 5 nitrogen and oxygen atoms in total. The predicted octanol–water partition coefficient (Wildman–Crippen LogP) is 3.10. The molecule has 0 saturated carbocycles. The number of guanidine groups is 1. The summed E-state index contributed by atoms with van der Waals surface area (Å²) in [7, 11) is 3.57. The van der Waals surface area contributed by atoms with Gasteiger partial charge in [0.2, 0.25) is 0 Å². The summed E-state index contributed by atoms with van der Waals surface area (Å²) < 4.78 is 10.9. The van der Waals surface area contributed by atoms with Gasteiger partial charge in [0.05, 0.1) is 13.7 Å². The molecule has 25 heavy (non-hydrogen) atoms. The topological polar surface area (TPSA) is 46.1 Å². The van der Waals surface area contributed by atoms with Crippen LogP contribution < -0.4 is 10.1 Å². The molecule has 1 fully saturated rings. The van der Waals surface area contributed by atoms with Crippen LogP contribution in [0.2, 0.25) is 0 Å². The molecule has 0 amide bonds. The predicted molar refractivity (Wildman–Crippen MR) is 114 cm³/mol. The Kier molecular flexibility index (Phi) is 10.2. The van der Waals surface area contributed by atoms with Gasteiger partial charge in [-0.05, 0) is 43.9 Å². The molecule has 6 heteroatoms. The van der Waals surface area contributed by atoms with Crippen molar-refractivity contribution in [1.82, 2.24) is 10.2 Å². The van der Waals surface area contributed by atoms with E-state index in [4.69, 9.17) is 9.47 Å². The van der Waals surface area contributed by atoms with Gasteiger partial charge in [-0.1, -0.05) is 12.1 Å². The molecule has 0 spiro atoms. The molecule has 0 aliphatic carbocycles. The van der Waals surface area contributed by atoms with E-state index in [1.54, 1.807) is 7.11 Å². The van der Waals surface area contributed by atoms with Crippen LogP contribution in [0, 0.1) is 12.8 Å². The minimum atomic E-state index is 0. The molecule has 1 aliphatic heterocycles. The summed E-state index contributed by atoms with van der Waals surface area (Å²) in [4.78, 5) is 6.76. The van der Waals surface area contributed by atoms with Gasteiger partial charge in [-0.3, -0.25) is 4.99 Å². The Morgan fingerprint density at radius 3 is 2.88 bits per heavy atom. The fraction of sp³-hybridized carbons (Fsp3) is 0.632. The summed E-state index contributed by atoms with van der Waals surface area (Å²) in [5.74, 6) is 2.56. The molecule has 1 aliphatic rings. The molecule has 1 aromatic rings. The molecule has 1 heterocycles. The van der Waals surface area contributed by atoms with Crippen molar-refractivity contribution in [2.45, 2.75) is 26.7 Å². The minimum Gasteiger partial charge on any atom is -0.496 e. The summed E-state index contributed by atoms with van der Waals surface area (Å²) in [6, 6.07) is 6.39. The lowest BCUT2D eigenvalue weighted by molar-refractivity contribution is 0.114. The number of halogens is 1. The Morgan fingerprint density at radius 1 is 1.40 bits per heavy atom. The summed E-state index contributed by atoms with van der Waals surface area (Å²) in [6.07, 6.45) is 2.13. The molecule has 1 N–H and O–H groups in total. The lowest BCUT2D eigenvalue weighted by Gasteiger charge is -2.21. The van der Waals surface area contributed by atoms with Gasteiger partial charge in [0.1, 0.15) is 5.75 Å². The van der Waals surface area contributed by atoms with E-state index in [0.29, 0.717) is 5.92 Å². The van der Waals surface area contributed by atoms with Crippen molar-refractivity contribution in [2.75, 3.05) is 47.0 Å². The highest BCUT2D eigenvalue weighted by molar-refractivity contribution is 14.0. The van der Waals surface area contributed by atoms with E-state index in [1.165, 1.54) is 17.5 Å². The maximum Gasteiger partial charge on any atom is 0.193 e. The molecule has 0 bridgehead atoms. The highest BCUT2D eigenvalue weighted by Gasteiger charge is 2.24. The third-order valence-electron chi connectivity index (χ3n) is 4.52. The Bertz CT molecular complexity index is 551. The number of rotatable bonds is 7. The van der Waals surface area contributed by atoms with Gasteiger partial charge in [-0.25, -0.2) is 0 Å². The number of nitrogens with zero attached hydrogens (tertiary/aromatic N) is 2. The van der Waals surface area contributed by atoms with E-state index in [2.05, 4.69) is 40.3 Å². The lowest BCUT2D eigenvalue weighted by atomic mass is 10.1. The van der Waals surface area contributed by atoms with Crippen molar-refractivity contribution in [3.8, 4) is 5.75 Å². The molecule has 142 valence electrons. The van der Waals surface area contributed by atoms with E-state index in [1.807, 2.05) is 14.0 Å². The fourth-order valence-corrected chi connectivity index (χ4v) is 3.12. The third-order valence-corrected chi connectivity index (χ3v) is 4.52. The number of ether oxygens (including phenoxy) is 2. The van der Waals surface area contributed by atoms with Crippen molar-refractivity contribution < 1.29 is 9.47 Å². The number of hydrogen-bond acceptors (Lipinski definition) is 3. The minimum absolute atomic E-state index is 0. The van der Waals surface area contributed by atoms with Crippen LogP contribution in [0.4, 0.5) is 0 Å². The molecule has 1 aromatic carbocycles. The highest BCUT2D eigenvalue weighted by Crippen LogP contribution is 2.19.